The van der Waals surface area contributed by atoms with Crippen molar-refractivity contribution >= 4 is 0 Å². The lowest BCUT2D eigenvalue weighted by Crippen LogP contribution is -1.96. The zero-order valence-corrected chi connectivity index (χ0v) is 21.5. The molecular formula is C28H60O2. The predicted molar refractivity (Wildman–Crippen MR) is 137 cm³/mol. The van der Waals surface area contributed by atoms with E-state index in [1.54, 1.807) is 0 Å². The van der Waals surface area contributed by atoms with Crippen molar-refractivity contribution in [1.29, 1.82) is 0 Å². The number of aliphatic hydroxyl groups excluding tert-OH is 1. The fourth-order valence-corrected chi connectivity index (χ4v) is 3.67. The van der Waals surface area contributed by atoms with Crippen molar-refractivity contribution in [2.75, 3.05) is 19.8 Å². The lowest BCUT2D eigenvalue weighted by molar-refractivity contribution is 0.126. The molecule has 2 heteroatoms. The van der Waals surface area contributed by atoms with Crippen LogP contribution in [0.5, 0.6) is 0 Å². The molecule has 30 heavy (non-hydrogen) atoms. The van der Waals surface area contributed by atoms with E-state index in [-0.39, 0.29) is 0 Å². The Balaban J connectivity index is 0. The molecule has 2 nitrogen and oxygen atoms in total. The highest BCUT2D eigenvalue weighted by atomic mass is 16.5. The first-order valence-corrected chi connectivity index (χ1v) is 14.0. The molecule has 184 valence electrons. The monoisotopic (exact) mass is 428 g/mol. The maximum absolute atomic E-state index is 8.67. The summed E-state index contributed by atoms with van der Waals surface area (Å²) in [4.78, 5) is 0. The Morgan fingerprint density at radius 3 is 0.933 bits per heavy atom. The summed E-state index contributed by atoms with van der Waals surface area (Å²) < 4.78 is 5.44. The van der Waals surface area contributed by atoms with E-state index < -0.39 is 0 Å². The molecule has 0 spiro atoms. The summed E-state index contributed by atoms with van der Waals surface area (Å²) in [5.74, 6) is 0. The van der Waals surface area contributed by atoms with Crippen LogP contribution in [-0.4, -0.2) is 24.9 Å². The van der Waals surface area contributed by atoms with Crippen LogP contribution >= 0.6 is 0 Å². The molecule has 0 aromatic carbocycles. The Morgan fingerprint density at radius 2 is 0.633 bits per heavy atom. The lowest BCUT2D eigenvalue weighted by Gasteiger charge is -2.03. The second-order valence-electron chi connectivity index (χ2n) is 9.05. The largest absolute Gasteiger partial charge is 0.396 e. The highest BCUT2D eigenvalue weighted by molar-refractivity contribution is 4.49. The fourth-order valence-electron chi connectivity index (χ4n) is 3.67. The summed E-state index contributed by atoms with van der Waals surface area (Å²) in [6.45, 7) is 9.04. The third-order valence-corrected chi connectivity index (χ3v) is 5.80. The summed E-state index contributed by atoms with van der Waals surface area (Å²) in [7, 11) is 0. The van der Waals surface area contributed by atoms with Gasteiger partial charge < -0.3 is 9.84 Å². The third kappa shape index (κ3) is 35.4. The van der Waals surface area contributed by atoms with Gasteiger partial charge in [0.1, 0.15) is 0 Å². The predicted octanol–water partition coefficient (Wildman–Crippen LogP) is 9.62. The summed E-state index contributed by atoms with van der Waals surface area (Å²) in [5.41, 5.74) is 0. The van der Waals surface area contributed by atoms with E-state index in [9.17, 15) is 0 Å². The Kier molecular flexibility index (Phi) is 35.9. The van der Waals surface area contributed by atoms with E-state index in [0.717, 1.165) is 19.6 Å². The molecule has 0 heterocycles. The fraction of sp³-hybridized carbons (Fsp3) is 1.00. The maximum atomic E-state index is 8.67. The Hall–Kier alpha value is -0.0800. The average Bonchev–Trinajstić information content (AvgIpc) is 2.76. The molecule has 0 fully saturated rings. The second kappa shape index (κ2) is 33.6. The molecule has 0 radical (unpaired) electrons. The molecule has 0 rings (SSSR count). The first-order chi connectivity index (χ1) is 14.8. The summed E-state index contributed by atoms with van der Waals surface area (Å²) in [5, 5.41) is 8.67. The molecule has 0 aromatic rings. The van der Waals surface area contributed by atoms with Crippen molar-refractivity contribution in [2.24, 2.45) is 0 Å². The quantitative estimate of drug-likeness (QED) is 0.155. The van der Waals surface area contributed by atoms with Crippen molar-refractivity contribution in [3.63, 3.8) is 0 Å². The Morgan fingerprint density at radius 1 is 0.367 bits per heavy atom. The van der Waals surface area contributed by atoms with E-state index >= 15 is 0 Å². The van der Waals surface area contributed by atoms with Crippen molar-refractivity contribution in [1.82, 2.24) is 0 Å². The van der Waals surface area contributed by atoms with Gasteiger partial charge in [-0.15, -0.1) is 0 Å². The first-order valence-electron chi connectivity index (χ1n) is 14.0. The van der Waals surface area contributed by atoms with Crippen LogP contribution in [0.3, 0.4) is 0 Å². The summed E-state index contributed by atoms with van der Waals surface area (Å²) >= 11 is 0. The molecule has 1 N–H and O–H groups in total. The van der Waals surface area contributed by atoms with Crippen LogP contribution in [0.2, 0.25) is 0 Å². The minimum Gasteiger partial charge on any atom is -0.396 e. The number of aliphatic hydroxyl groups is 1. The Labute approximate surface area is 192 Å². The van der Waals surface area contributed by atoms with Gasteiger partial charge >= 0.3 is 0 Å². The smallest absolute Gasteiger partial charge is 0.0466 e. The molecule has 0 aliphatic rings. The van der Waals surface area contributed by atoms with Crippen LogP contribution in [0.15, 0.2) is 0 Å². The standard InChI is InChI=1S/C18H38O.C10H22O/c1-2-3-4-5-6-7-8-9-10-11-12-13-14-15-16-17-18-19;1-3-5-7-9-11-10-8-6-4-2/h19H,2-18H2,1H3;3-10H2,1-2H3. The molecule has 0 aliphatic carbocycles. The van der Waals surface area contributed by atoms with Gasteiger partial charge in [-0.3, -0.25) is 0 Å². The van der Waals surface area contributed by atoms with Crippen LogP contribution in [0.4, 0.5) is 0 Å². The molecule has 0 amide bonds. The van der Waals surface area contributed by atoms with E-state index in [2.05, 4.69) is 20.8 Å². The summed E-state index contributed by atoms with van der Waals surface area (Å²) in [6, 6.07) is 0. The molecular weight excluding hydrogens is 368 g/mol. The average molecular weight is 429 g/mol. The van der Waals surface area contributed by atoms with Gasteiger partial charge in [-0.2, -0.15) is 0 Å². The topological polar surface area (TPSA) is 29.5 Å². The van der Waals surface area contributed by atoms with Gasteiger partial charge in [0.05, 0.1) is 0 Å². The van der Waals surface area contributed by atoms with Gasteiger partial charge in [0.15, 0.2) is 0 Å². The van der Waals surface area contributed by atoms with Crippen molar-refractivity contribution in [3.05, 3.63) is 0 Å². The van der Waals surface area contributed by atoms with Crippen molar-refractivity contribution in [2.45, 2.75) is 162 Å². The first kappa shape index (κ1) is 32.1. The molecule has 0 atom stereocenters. The number of hydrogen-bond acceptors (Lipinski definition) is 2. The Bertz CT molecular complexity index is 231. The summed E-state index contributed by atoms with van der Waals surface area (Å²) in [6.07, 6.45) is 29.9. The lowest BCUT2D eigenvalue weighted by atomic mass is 10.0. The van der Waals surface area contributed by atoms with Gasteiger partial charge in [-0.25, -0.2) is 0 Å². The van der Waals surface area contributed by atoms with Crippen LogP contribution < -0.4 is 0 Å². The molecule has 0 aromatic heterocycles. The van der Waals surface area contributed by atoms with Gasteiger partial charge in [0, 0.05) is 19.8 Å². The highest BCUT2D eigenvalue weighted by Crippen LogP contribution is 2.13. The zero-order chi connectivity index (χ0) is 22.4. The molecule has 0 bridgehead atoms. The molecule has 0 unspecified atom stereocenters. The molecule has 0 saturated carbocycles. The SMILES string of the molecule is CCCCCCCCCCCCCCCCCCO.CCCCCOCCCCC. The van der Waals surface area contributed by atoms with Gasteiger partial charge in [0.2, 0.25) is 0 Å². The van der Waals surface area contributed by atoms with Crippen molar-refractivity contribution < 1.29 is 9.84 Å². The van der Waals surface area contributed by atoms with Gasteiger partial charge in [-0.05, 0) is 19.3 Å². The van der Waals surface area contributed by atoms with Gasteiger partial charge in [0.25, 0.3) is 0 Å². The van der Waals surface area contributed by atoms with Crippen LogP contribution in [0.25, 0.3) is 0 Å². The van der Waals surface area contributed by atoms with E-state index in [4.69, 9.17) is 9.84 Å². The molecule has 0 aliphatic heterocycles. The normalized spacial score (nSPS) is 10.8. The van der Waals surface area contributed by atoms with Gasteiger partial charge in [-0.1, -0.05) is 143 Å². The van der Waals surface area contributed by atoms with E-state index in [0.29, 0.717) is 6.61 Å². The van der Waals surface area contributed by atoms with E-state index in [1.807, 2.05) is 0 Å². The number of unbranched alkanes of at least 4 members (excludes halogenated alkanes) is 19. The van der Waals surface area contributed by atoms with Crippen molar-refractivity contribution in [3.8, 4) is 0 Å². The van der Waals surface area contributed by atoms with E-state index in [1.165, 1.54) is 135 Å². The highest BCUT2D eigenvalue weighted by Gasteiger charge is 1.94. The number of hydrogen-bond donors (Lipinski definition) is 1. The third-order valence-electron chi connectivity index (χ3n) is 5.80. The number of ether oxygens (including phenoxy) is 1. The van der Waals surface area contributed by atoms with Crippen LogP contribution in [0, 0.1) is 0 Å². The second-order valence-corrected chi connectivity index (χ2v) is 9.05. The minimum atomic E-state index is 0.373. The minimum absolute atomic E-state index is 0.373. The zero-order valence-electron chi connectivity index (χ0n) is 21.5. The maximum Gasteiger partial charge on any atom is 0.0466 e. The molecule has 0 saturated heterocycles. The number of rotatable bonds is 24. The van der Waals surface area contributed by atoms with Crippen LogP contribution in [0.1, 0.15) is 162 Å². The van der Waals surface area contributed by atoms with Crippen LogP contribution in [-0.2, 0) is 4.74 Å².